The predicted molar refractivity (Wildman–Crippen MR) is 95.9 cm³/mol. The Morgan fingerprint density at radius 3 is 2.67 bits per heavy atom. The van der Waals surface area contributed by atoms with Crippen LogP contribution in [0, 0.1) is 5.92 Å². The molecule has 1 aromatic rings. The van der Waals surface area contributed by atoms with Gasteiger partial charge in [0, 0.05) is 5.56 Å². The summed E-state index contributed by atoms with van der Waals surface area (Å²) < 4.78 is 5.48. The van der Waals surface area contributed by atoms with Crippen molar-refractivity contribution in [2.24, 2.45) is 11.7 Å². The highest BCUT2D eigenvalue weighted by molar-refractivity contribution is 6.43. The highest BCUT2D eigenvalue weighted by Crippen LogP contribution is 2.41. The Kier molecular flexibility index (Phi) is 7.60. The van der Waals surface area contributed by atoms with E-state index in [1.54, 1.807) is 12.1 Å². The fraction of sp³-hybridized carbons (Fsp3) is 0.467. The SMILES string of the molecule is CC(C)[C@H](N)C(=O)NCC(=O)NC1COc2c1ccc(Cl)c2Cl.Cl. The van der Waals surface area contributed by atoms with Crippen molar-refractivity contribution in [1.82, 2.24) is 10.6 Å². The second-order valence-electron chi connectivity index (χ2n) is 5.70. The van der Waals surface area contributed by atoms with E-state index in [-0.39, 0.29) is 49.3 Å². The zero-order valence-electron chi connectivity index (χ0n) is 13.3. The molecule has 24 heavy (non-hydrogen) atoms. The van der Waals surface area contributed by atoms with Gasteiger partial charge in [0.15, 0.2) is 0 Å². The Labute approximate surface area is 156 Å². The van der Waals surface area contributed by atoms with E-state index in [9.17, 15) is 9.59 Å². The molecular formula is C15H20Cl3N3O3. The van der Waals surface area contributed by atoms with Gasteiger partial charge < -0.3 is 21.1 Å². The van der Waals surface area contributed by atoms with E-state index < -0.39 is 6.04 Å². The lowest BCUT2D eigenvalue weighted by atomic mass is 10.1. The van der Waals surface area contributed by atoms with E-state index in [1.807, 2.05) is 13.8 Å². The van der Waals surface area contributed by atoms with E-state index in [1.165, 1.54) is 0 Å². The normalized spacial score (nSPS) is 16.7. The van der Waals surface area contributed by atoms with Crippen LogP contribution in [-0.2, 0) is 9.59 Å². The topological polar surface area (TPSA) is 93.5 Å². The Bertz CT molecular complexity index is 625. The highest BCUT2D eigenvalue weighted by Gasteiger charge is 2.28. The molecule has 0 saturated heterocycles. The molecule has 1 aliphatic rings. The molecule has 1 unspecified atom stereocenters. The number of nitrogens with two attached hydrogens (primary N) is 1. The molecule has 1 aliphatic heterocycles. The number of nitrogens with one attached hydrogen (secondary N) is 2. The number of amides is 2. The third-order valence-electron chi connectivity index (χ3n) is 3.63. The Hall–Kier alpha value is -1.21. The Morgan fingerprint density at radius 2 is 2.04 bits per heavy atom. The number of rotatable bonds is 5. The maximum absolute atomic E-state index is 12.0. The average Bonchev–Trinajstić information content (AvgIpc) is 2.91. The highest BCUT2D eigenvalue weighted by atomic mass is 35.5. The summed E-state index contributed by atoms with van der Waals surface area (Å²) in [7, 11) is 0. The van der Waals surface area contributed by atoms with E-state index in [0.29, 0.717) is 15.8 Å². The molecule has 0 fully saturated rings. The van der Waals surface area contributed by atoms with Crippen molar-refractivity contribution in [3.63, 3.8) is 0 Å². The zero-order valence-corrected chi connectivity index (χ0v) is 15.6. The second-order valence-corrected chi connectivity index (χ2v) is 6.48. The smallest absolute Gasteiger partial charge is 0.240 e. The van der Waals surface area contributed by atoms with Gasteiger partial charge >= 0.3 is 0 Å². The summed E-state index contributed by atoms with van der Waals surface area (Å²) in [6, 6.07) is 2.44. The quantitative estimate of drug-likeness (QED) is 0.710. The summed E-state index contributed by atoms with van der Waals surface area (Å²) >= 11 is 12.0. The van der Waals surface area contributed by atoms with E-state index in [4.69, 9.17) is 33.7 Å². The molecule has 0 aliphatic carbocycles. The molecule has 0 spiro atoms. The number of hydrogen-bond acceptors (Lipinski definition) is 4. The summed E-state index contributed by atoms with van der Waals surface area (Å²) in [4.78, 5) is 23.7. The van der Waals surface area contributed by atoms with Crippen LogP contribution in [0.15, 0.2) is 12.1 Å². The van der Waals surface area contributed by atoms with Crippen molar-refractivity contribution in [3.05, 3.63) is 27.7 Å². The van der Waals surface area contributed by atoms with Crippen LogP contribution in [0.1, 0.15) is 25.5 Å². The lowest BCUT2D eigenvalue weighted by molar-refractivity contribution is -0.127. The Balaban J connectivity index is 0.00000288. The number of carbonyl (C=O) groups excluding carboxylic acids is 2. The third-order valence-corrected chi connectivity index (χ3v) is 4.42. The summed E-state index contributed by atoms with van der Waals surface area (Å²) in [6.45, 7) is 3.80. The van der Waals surface area contributed by atoms with Gasteiger partial charge in [-0.05, 0) is 12.0 Å². The van der Waals surface area contributed by atoms with Crippen molar-refractivity contribution < 1.29 is 14.3 Å². The van der Waals surface area contributed by atoms with Gasteiger partial charge in [-0.25, -0.2) is 0 Å². The number of hydrogen-bond donors (Lipinski definition) is 3. The van der Waals surface area contributed by atoms with Gasteiger partial charge in [-0.2, -0.15) is 0 Å². The molecule has 0 radical (unpaired) electrons. The van der Waals surface area contributed by atoms with E-state index in [0.717, 1.165) is 5.56 Å². The lowest BCUT2D eigenvalue weighted by Crippen LogP contribution is -2.47. The predicted octanol–water partition coefficient (Wildman–Crippen LogP) is 2.06. The van der Waals surface area contributed by atoms with Gasteiger partial charge in [-0.1, -0.05) is 43.1 Å². The summed E-state index contributed by atoms with van der Waals surface area (Å²) in [6.07, 6.45) is 0. The van der Waals surface area contributed by atoms with Crippen LogP contribution < -0.4 is 21.1 Å². The Morgan fingerprint density at radius 1 is 1.38 bits per heavy atom. The largest absolute Gasteiger partial charge is 0.489 e. The van der Waals surface area contributed by atoms with Crippen LogP contribution >= 0.6 is 35.6 Å². The van der Waals surface area contributed by atoms with Gasteiger partial charge in [0.1, 0.15) is 17.4 Å². The molecule has 0 aromatic heterocycles. The van der Waals surface area contributed by atoms with Crippen LogP contribution in [0.3, 0.4) is 0 Å². The van der Waals surface area contributed by atoms with Crippen molar-refractivity contribution in [3.8, 4) is 5.75 Å². The molecule has 2 rings (SSSR count). The molecule has 134 valence electrons. The molecular weight excluding hydrogens is 377 g/mol. The zero-order chi connectivity index (χ0) is 17.1. The fourth-order valence-electron chi connectivity index (χ4n) is 2.18. The summed E-state index contributed by atoms with van der Waals surface area (Å²) in [5.41, 5.74) is 6.47. The minimum absolute atomic E-state index is 0. The number of carbonyl (C=O) groups is 2. The maximum Gasteiger partial charge on any atom is 0.240 e. The van der Waals surface area contributed by atoms with Crippen molar-refractivity contribution in [2.45, 2.75) is 25.9 Å². The molecule has 0 saturated carbocycles. The van der Waals surface area contributed by atoms with Crippen molar-refractivity contribution >= 4 is 47.4 Å². The lowest BCUT2D eigenvalue weighted by Gasteiger charge is -2.16. The van der Waals surface area contributed by atoms with E-state index in [2.05, 4.69) is 10.6 Å². The fourth-order valence-corrected chi connectivity index (χ4v) is 2.55. The standard InChI is InChI=1S/C15H19Cl2N3O3.ClH/c1-7(2)13(18)15(22)19-5-11(21)20-10-6-23-14-8(10)3-4-9(16)12(14)17;/h3-4,7,10,13H,5-6,18H2,1-2H3,(H,19,22)(H,20,21);1H/t10?,13-;/m0./s1. The first kappa shape index (κ1) is 20.8. The van der Waals surface area contributed by atoms with Gasteiger partial charge in [-0.15, -0.1) is 12.4 Å². The van der Waals surface area contributed by atoms with E-state index >= 15 is 0 Å². The first-order valence-electron chi connectivity index (χ1n) is 7.24. The second kappa shape index (κ2) is 8.76. The summed E-state index contributed by atoms with van der Waals surface area (Å²) in [5, 5.41) is 6.03. The van der Waals surface area contributed by atoms with Crippen LogP contribution in [0.25, 0.3) is 0 Å². The minimum atomic E-state index is -0.640. The molecule has 2 amide bonds. The monoisotopic (exact) mass is 395 g/mol. The van der Waals surface area contributed by atoms with Crippen LogP contribution in [0.2, 0.25) is 10.0 Å². The molecule has 1 heterocycles. The van der Waals surface area contributed by atoms with Gasteiger partial charge in [0.05, 0.1) is 23.7 Å². The number of ether oxygens (including phenoxy) is 1. The average molecular weight is 397 g/mol. The van der Waals surface area contributed by atoms with Gasteiger partial charge in [0.2, 0.25) is 11.8 Å². The summed E-state index contributed by atoms with van der Waals surface area (Å²) in [5.74, 6) is -0.203. The molecule has 9 heteroatoms. The molecule has 4 N–H and O–H groups in total. The molecule has 2 atom stereocenters. The third kappa shape index (κ3) is 4.66. The number of fused-ring (bicyclic) bond motifs is 1. The molecule has 0 bridgehead atoms. The van der Waals surface area contributed by atoms with Gasteiger partial charge in [-0.3, -0.25) is 9.59 Å². The van der Waals surface area contributed by atoms with Crippen LogP contribution in [-0.4, -0.2) is 31.0 Å². The van der Waals surface area contributed by atoms with Gasteiger partial charge in [0.25, 0.3) is 0 Å². The van der Waals surface area contributed by atoms with Crippen molar-refractivity contribution in [2.75, 3.05) is 13.2 Å². The van der Waals surface area contributed by atoms with Crippen molar-refractivity contribution in [1.29, 1.82) is 0 Å². The first-order valence-corrected chi connectivity index (χ1v) is 8.00. The minimum Gasteiger partial charge on any atom is -0.489 e. The molecule has 1 aromatic carbocycles. The first-order chi connectivity index (χ1) is 10.8. The maximum atomic E-state index is 12.0. The number of halogens is 3. The van der Waals surface area contributed by atoms with Crippen LogP contribution in [0.5, 0.6) is 5.75 Å². The number of benzene rings is 1. The molecule has 6 nitrogen and oxygen atoms in total. The van der Waals surface area contributed by atoms with Crippen LogP contribution in [0.4, 0.5) is 0 Å².